The average Bonchev–Trinajstić information content (AvgIpc) is 2.22. The van der Waals surface area contributed by atoms with E-state index in [0.29, 0.717) is 11.9 Å². The Kier molecular flexibility index (Phi) is 3.63. The van der Waals surface area contributed by atoms with Crippen molar-refractivity contribution >= 4 is 29.7 Å². The number of aromatic hydroxyl groups is 1. The zero-order chi connectivity index (χ0) is 12.3. The van der Waals surface area contributed by atoms with Crippen molar-refractivity contribution in [3.05, 3.63) is 38.4 Å². The van der Waals surface area contributed by atoms with Gasteiger partial charge in [0, 0.05) is 16.7 Å². The third-order valence-corrected chi connectivity index (χ3v) is 2.07. The van der Waals surface area contributed by atoms with Crippen molar-refractivity contribution in [3.63, 3.8) is 0 Å². The standard InChI is InChI=1S/C10H8ClNO4/c1-6(5-13)2-7-3-8(11)4-9(10(7)14)12(15)16/h2-5,14H,1H3. The molecule has 0 spiro atoms. The predicted molar refractivity (Wildman–Crippen MR) is 59.5 cm³/mol. The Morgan fingerprint density at radius 2 is 2.19 bits per heavy atom. The lowest BCUT2D eigenvalue weighted by atomic mass is 10.1. The van der Waals surface area contributed by atoms with Crippen LogP contribution in [0.1, 0.15) is 12.5 Å². The first-order chi connectivity index (χ1) is 7.45. The molecule has 1 aromatic carbocycles. The summed E-state index contributed by atoms with van der Waals surface area (Å²) in [4.78, 5) is 20.2. The molecule has 1 rings (SSSR count). The fourth-order valence-corrected chi connectivity index (χ4v) is 1.35. The van der Waals surface area contributed by atoms with Gasteiger partial charge in [-0.2, -0.15) is 0 Å². The number of carbonyl (C=O) groups excluding carboxylic acids is 1. The number of phenols is 1. The van der Waals surface area contributed by atoms with Crippen molar-refractivity contribution in [1.29, 1.82) is 0 Å². The fraction of sp³-hybridized carbons (Fsp3) is 0.100. The molecule has 0 bridgehead atoms. The smallest absolute Gasteiger partial charge is 0.312 e. The van der Waals surface area contributed by atoms with Crippen LogP contribution < -0.4 is 0 Å². The van der Waals surface area contributed by atoms with E-state index in [1.54, 1.807) is 0 Å². The average molecular weight is 242 g/mol. The minimum Gasteiger partial charge on any atom is -0.502 e. The summed E-state index contributed by atoms with van der Waals surface area (Å²) in [7, 11) is 0. The van der Waals surface area contributed by atoms with Crippen LogP contribution in [0.15, 0.2) is 17.7 Å². The van der Waals surface area contributed by atoms with Crippen molar-refractivity contribution in [2.24, 2.45) is 0 Å². The third kappa shape index (κ3) is 2.58. The van der Waals surface area contributed by atoms with Gasteiger partial charge in [0.1, 0.15) is 6.29 Å². The maximum absolute atomic E-state index is 10.6. The molecule has 0 saturated heterocycles. The zero-order valence-corrected chi connectivity index (χ0v) is 9.06. The number of nitro benzene ring substituents is 1. The molecule has 0 radical (unpaired) electrons. The van der Waals surface area contributed by atoms with E-state index < -0.39 is 16.4 Å². The first kappa shape index (κ1) is 12.2. The fourth-order valence-electron chi connectivity index (χ4n) is 1.13. The molecule has 0 aliphatic heterocycles. The highest BCUT2D eigenvalue weighted by atomic mass is 35.5. The summed E-state index contributed by atoms with van der Waals surface area (Å²) in [5, 5.41) is 20.3. The molecule has 0 atom stereocenters. The lowest BCUT2D eigenvalue weighted by Crippen LogP contribution is -1.91. The number of carbonyl (C=O) groups is 1. The molecule has 0 unspecified atom stereocenters. The number of aldehydes is 1. The molecular formula is C10H8ClNO4. The SMILES string of the molecule is CC(C=O)=Cc1cc(Cl)cc([N+](=O)[O-])c1O. The van der Waals surface area contributed by atoms with Crippen LogP contribution in [0.2, 0.25) is 5.02 Å². The lowest BCUT2D eigenvalue weighted by Gasteiger charge is -2.02. The Bertz CT molecular complexity index is 482. The first-order valence-corrected chi connectivity index (χ1v) is 4.64. The van der Waals surface area contributed by atoms with Crippen molar-refractivity contribution in [2.45, 2.75) is 6.92 Å². The Morgan fingerprint density at radius 1 is 1.56 bits per heavy atom. The highest BCUT2D eigenvalue weighted by molar-refractivity contribution is 6.31. The number of halogens is 1. The summed E-state index contributed by atoms with van der Waals surface area (Å²) >= 11 is 5.66. The number of phenolic OH excluding ortho intramolecular Hbond substituents is 1. The Hall–Kier alpha value is -1.88. The molecular weight excluding hydrogens is 234 g/mol. The molecule has 0 amide bonds. The van der Waals surface area contributed by atoms with Gasteiger partial charge in [0.15, 0.2) is 0 Å². The number of nitro groups is 1. The molecule has 0 aliphatic rings. The van der Waals surface area contributed by atoms with Gasteiger partial charge in [0.2, 0.25) is 5.75 Å². The van der Waals surface area contributed by atoms with Crippen molar-refractivity contribution in [2.75, 3.05) is 0 Å². The topological polar surface area (TPSA) is 80.4 Å². The quantitative estimate of drug-likeness (QED) is 0.382. The van der Waals surface area contributed by atoms with Crippen LogP contribution in [-0.2, 0) is 4.79 Å². The van der Waals surface area contributed by atoms with E-state index in [1.807, 2.05) is 0 Å². The summed E-state index contributed by atoms with van der Waals surface area (Å²) in [5.74, 6) is -0.504. The van der Waals surface area contributed by atoms with Gasteiger partial charge in [0.05, 0.1) is 4.92 Å². The van der Waals surface area contributed by atoms with Crippen molar-refractivity contribution in [1.82, 2.24) is 0 Å². The predicted octanol–water partition coefficient (Wildman–Crippen LogP) is 2.56. The van der Waals surface area contributed by atoms with Crippen LogP contribution in [0.25, 0.3) is 6.08 Å². The molecule has 1 N–H and O–H groups in total. The van der Waals surface area contributed by atoms with Gasteiger partial charge in [-0.15, -0.1) is 0 Å². The number of nitrogens with zero attached hydrogens (tertiary/aromatic N) is 1. The Labute approximate surface area is 96.1 Å². The highest BCUT2D eigenvalue weighted by Crippen LogP contribution is 2.34. The Morgan fingerprint density at radius 3 is 2.69 bits per heavy atom. The van der Waals surface area contributed by atoms with E-state index in [1.165, 1.54) is 19.1 Å². The van der Waals surface area contributed by atoms with Crippen LogP contribution in [0.4, 0.5) is 5.69 Å². The summed E-state index contributed by atoms with van der Waals surface area (Å²) in [5.41, 5.74) is -0.0203. The van der Waals surface area contributed by atoms with Crippen LogP contribution >= 0.6 is 11.6 Å². The van der Waals surface area contributed by atoms with E-state index in [0.717, 1.165) is 6.07 Å². The molecule has 16 heavy (non-hydrogen) atoms. The second-order valence-electron chi connectivity index (χ2n) is 3.13. The van der Waals surface area contributed by atoms with Gasteiger partial charge in [-0.25, -0.2) is 0 Å². The largest absolute Gasteiger partial charge is 0.502 e. The number of rotatable bonds is 3. The van der Waals surface area contributed by atoms with Crippen LogP contribution in [0, 0.1) is 10.1 Å². The molecule has 0 aliphatic carbocycles. The van der Waals surface area contributed by atoms with Gasteiger partial charge >= 0.3 is 5.69 Å². The summed E-state index contributed by atoms with van der Waals surface area (Å²) < 4.78 is 0. The van der Waals surface area contributed by atoms with Crippen LogP contribution in [0.5, 0.6) is 5.75 Å². The number of benzene rings is 1. The number of hydrogen-bond acceptors (Lipinski definition) is 4. The maximum Gasteiger partial charge on any atom is 0.312 e. The number of hydrogen-bond donors (Lipinski definition) is 1. The second-order valence-corrected chi connectivity index (χ2v) is 3.56. The molecule has 0 saturated carbocycles. The van der Waals surface area contributed by atoms with E-state index in [-0.39, 0.29) is 10.6 Å². The van der Waals surface area contributed by atoms with E-state index in [4.69, 9.17) is 11.6 Å². The van der Waals surface area contributed by atoms with Gasteiger partial charge in [-0.05, 0) is 24.6 Å². The van der Waals surface area contributed by atoms with Gasteiger partial charge in [-0.1, -0.05) is 11.6 Å². The Balaban J connectivity index is 3.41. The van der Waals surface area contributed by atoms with Crippen molar-refractivity contribution in [3.8, 4) is 5.75 Å². The van der Waals surface area contributed by atoms with Crippen LogP contribution in [0.3, 0.4) is 0 Å². The lowest BCUT2D eigenvalue weighted by molar-refractivity contribution is -0.385. The molecule has 5 nitrogen and oxygen atoms in total. The molecule has 0 aromatic heterocycles. The molecule has 84 valence electrons. The first-order valence-electron chi connectivity index (χ1n) is 4.26. The van der Waals surface area contributed by atoms with E-state index in [2.05, 4.69) is 0 Å². The van der Waals surface area contributed by atoms with E-state index in [9.17, 15) is 20.0 Å². The van der Waals surface area contributed by atoms with Gasteiger partial charge in [-0.3, -0.25) is 14.9 Å². The minimum absolute atomic E-state index is 0.120. The summed E-state index contributed by atoms with van der Waals surface area (Å²) in [6, 6.07) is 2.39. The molecule has 0 heterocycles. The highest BCUT2D eigenvalue weighted by Gasteiger charge is 2.17. The van der Waals surface area contributed by atoms with Crippen molar-refractivity contribution < 1.29 is 14.8 Å². The zero-order valence-electron chi connectivity index (χ0n) is 8.31. The van der Waals surface area contributed by atoms with Gasteiger partial charge < -0.3 is 5.11 Å². The molecule has 1 aromatic rings. The van der Waals surface area contributed by atoms with Gasteiger partial charge in [0.25, 0.3) is 0 Å². The normalized spacial score (nSPS) is 11.2. The number of allylic oxidation sites excluding steroid dienone is 1. The molecule has 6 heteroatoms. The minimum atomic E-state index is -0.741. The maximum atomic E-state index is 10.6. The molecule has 0 fully saturated rings. The van der Waals surface area contributed by atoms with E-state index >= 15 is 0 Å². The summed E-state index contributed by atoms with van der Waals surface area (Å²) in [6.45, 7) is 1.51. The third-order valence-electron chi connectivity index (χ3n) is 1.85. The monoisotopic (exact) mass is 241 g/mol. The second kappa shape index (κ2) is 4.76. The summed E-state index contributed by atoms with van der Waals surface area (Å²) in [6.07, 6.45) is 1.90. The van der Waals surface area contributed by atoms with Crippen LogP contribution in [-0.4, -0.2) is 16.3 Å².